The molecule has 0 saturated carbocycles. The number of furan rings is 1. The van der Waals surface area contributed by atoms with E-state index in [4.69, 9.17) is 4.42 Å². The second kappa shape index (κ2) is 3.69. The highest BCUT2D eigenvalue weighted by molar-refractivity contribution is 5.45. The Morgan fingerprint density at radius 3 is 3.19 bits per heavy atom. The van der Waals surface area contributed by atoms with Gasteiger partial charge < -0.3 is 9.73 Å². The van der Waals surface area contributed by atoms with Crippen molar-refractivity contribution in [3.05, 3.63) is 48.7 Å². The maximum absolute atomic E-state index is 4.99. The molecule has 3 rings (SSSR count). The summed E-state index contributed by atoms with van der Waals surface area (Å²) in [7, 11) is 0. The molecule has 3 aromatic rings. The van der Waals surface area contributed by atoms with Crippen LogP contribution in [-0.4, -0.2) is 14.6 Å². The Morgan fingerprint density at radius 2 is 2.31 bits per heavy atom. The van der Waals surface area contributed by atoms with E-state index in [0.29, 0.717) is 6.54 Å². The highest BCUT2D eigenvalue weighted by Crippen LogP contribution is 2.08. The number of nitrogens with one attached hydrogen (secondary N) is 1. The summed E-state index contributed by atoms with van der Waals surface area (Å²) in [5.41, 5.74) is 1.92. The molecular formula is C11H10N4O. The monoisotopic (exact) mass is 214 g/mol. The maximum Gasteiger partial charge on any atom is 0.157 e. The maximum atomic E-state index is 4.99. The fraction of sp³-hybridized carbons (Fsp3) is 0.0909. The first-order chi connectivity index (χ1) is 7.92. The summed E-state index contributed by atoms with van der Waals surface area (Å²) >= 11 is 0. The van der Waals surface area contributed by atoms with Gasteiger partial charge in [0.05, 0.1) is 18.7 Å². The molecule has 5 nitrogen and oxygen atoms in total. The number of aromatic nitrogens is 3. The van der Waals surface area contributed by atoms with Gasteiger partial charge in [-0.3, -0.25) is 0 Å². The van der Waals surface area contributed by atoms with Gasteiger partial charge >= 0.3 is 0 Å². The Bertz CT molecular complexity index is 585. The fourth-order valence-corrected chi connectivity index (χ4v) is 1.50. The highest BCUT2D eigenvalue weighted by Gasteiger charge is 1.99. The third-order valence-electron chi connectivity index (χ3n) is 2.31. The standard InChI is InChI=1S/C11H10N4O/c1-4-13-15-5-2-10(14-11(1)15)12-7-9-3-6-16-8-9/h1-6,8H,7H2,(H,12,14). The van der Waals surface area contributed by atoms with Gasteiger partial charge in [-0.25, -0.2) is 9.50 Å². The van der Waals surface area contributed by atoms with Crippen LogP contribution in [0.3, 0.4) is 0 Å². The summed E-state index contributed by atoms with van der Waals surface area (Å²) in [6, 6.07) is 5.67. The lowest BCUT2D eigenvalue weighted by atomic mass is 10.3. The second-order valence-corrected chi connectivity index (χ2v) is 3.43. The van der Waals surface area contributed by atoms with Crippen molar-refractivity contribution >= 4 is 11.5 Å². The summed E-state index contributed by atoms with van der Waals surface area (Å²) in [6.45, 7) is 0.702. The van der Waals surface area contributed by atoms with E-state index in [2.05, 4.69) is 15.4 Å². The fourth-order valence-electron chi connectivity index (χ4n) is 1.50. The summed E-state index contributed by atoms with van der Waals surface area (Å²) < 4.78 is 6.71. The number of fused-ring (bicyclic) bond motifs is 1. The Kier molecular flexibility index (Phi) is 2.07. The van der Waals surface area contributed by atoms with Crippen LogP contribution in [0.25, 0.3) is 5.65 Å². The quantitative estimate of drug-likeness (QED) is 0.723. The summed E-state index contributed by atoms with van der Waals surface area (Å²) in [6.07, 6.45) is 6.97. The smallest absolute Gasteiger partial charge is 0.157 e. The molecule has 3 heterocycles. The van der Waals surface area contributed by atoms with Gasteiger partial charge in [-0.15, -0.1) is 0 Å². The van der Waals surface area contributed by atoms with Crippen LogP contribution in [0.5, 0.6) is 0 Å². The van der Waals surface area contributed by atoms with E-state index in [0.717, 1.165) is 17.0 Å². The number of hydrogen-bond acceptors (Lipinski definition) is 4. The molecule has 0 atom stereocenters. The molecule has 1 N–H and O–H groups in total. The first-order valence-corrected chi connectivity index (χ1v) is 4.97. The van der Waals surface area contributed by atoms with Crippen LogP contribution in [0.2, 0.25) is 0 Å². The number of anilines is 1. The van der Waals surface area contributed by atoms with Gasteiger partial charge in [0.2, 0.25) is 0 Å². The van der Waals surface area contributed by atoms with Crippen LogP contribution in [0.4, 0.5) is 5.82 Å². The van der Waals surface area contributed by atoms with E-state index in [9.17, 15) is 0 Å². The van der Waals surface area contributed by atoms with Crippen molar-refractivity contribution in [3.8, 4) is 0 Å². The Morgan fingerprint density at radius 1 is 1.31 bits per heavy atom. The zero-order valence-corrected chi connectivity index (χ0v) is 8.50. The SMILES string of the molecule is c1cc2nc(NCc3ccoc3)ccn2n1. The Hall–Kier alpha value is -2.30. The summed E-state index contributed by atoms with van der Waals surface area (Å²) in [4.78, 5) is 4.39. The topological polar surface area (TPSA) is 55.4 Å². The van der Waals surface area contributed by atoms with Crippen LogP contribution in [0.15, 0.2) is 47.5 Å². The third-order valence-corrected chi connectivity index (χ3v) is 2.31. The molecule has 0 spiro atoms. The van der Waals surface area contributed by atoms with E-state index >= 15 is 0 Å². The zero-order chi connectivity index (χ0) is 10.8. The van der Waals surface area contributed by atoms with Crippen molar-refractivity contribution in [2.24, 2.45) is 0 Å². The first kappa shape index (κ1) is 8.96. The summed E-state index contributed by atoms with van der Waals surface area (Å²) in [5, 5.41) is 7.30. The van der Waals surface area contributed by atoms with Crippen molar-refractivity contribution in [1.29, 1.82) is 0 Å². The molecule has 5 heteroatoms. The van der Waals surface area contributed by atoms with Gasteiger partial charge in [0, 0.05) is 24.4 Å². The van der Waals surface area contributed by atoms with E-state index in [1.165, 1.54) is 0 Å². The minimum absolute atomic E-state index is 0.702. The van der Waals surface area contributed by atoms with Gasteiger partial charge in [0.15, 0.2) is 5.65 Å². The molecule has 3 aromatic heterocycles. The molecule has 0 unspecified atom stereocenters. The molecule has 0 aliphatic heterocycles. The first-order valence-electron chi connectivity index (χ1n) is 4.97. The summed E-state index contributed by atoms with van der Waals surface area (Å²) in [5.74, 6) is 0.828. The van der Waals surface area contributed by atoms with Crippen molar-refractivity contribution < 1.29 is 4.42 Å². The molecule has 0 aliphatic carbocycles. The molecule has 80 valence electrons. The predicted octanol–water partition coefficient (Wildman–Crippen LogP) is 1.93. The van der Waals surface area contributed by atoms with Crippen LogP contribution in [0.1, 0.15) is 5.56 Å². The van der Waals surface area contributed by atoms with Gasteiger partial charge in [-0.2, -0.15) is 5.10 Å². The van der Waals surface area contributed by atoms with Crippen molar-refractivity contribution in [3.63, 3.8) is 0 Å². The zero-order valence-electron chi connectivity index (χ0n) is 8.50. The van der Waals surface area contributed by atoms with E-state index in [1.807, 2.05) is 24.4 Å². The molecule has 0 bridgehead atoms. The molecule has 16 heavy (non-hydrogen) atoms. The van der Waals surface area contributed by atoms with Gasteiger partial charge in [0.25, 0.3) is 0 Å². The number of nitrogens with zero attached hydrogens (tertiary/aromatic N) is 3. The Balaban J connectivity index is 1.78. The van der Waals surface area contributed by atoms with Crippen molar-refractivity contribution in [1.82, 2.24) is 14.6 Å². The number of rotatable bonds is 3. The lowest BCUT2D eigenvalue weighted by Gasteiger charge is -2.03. The minimum Gasteiger partial charge on any atom is -0.472 e. The molecule has 0 amide bonds. The van der Waals surface area contributed by atoms with Crippen molar-refractivity contribution in [2.75, 3.05) is 5.32 Å². The van der Waals surface area contributed by atoms with Crippen molar-refractivity contribution in [2.45, 2.75) is 6.54 Å². The van der Waals surface area contributed by atoms with Gasteiger partial charge in [-0.1, -0.05) is 0 Å². The lowest BCUT2D eigenvalue weighted by Crippen LogP contribution is -2.01. The van der Waals surface area contributed by atoms with E-state index < -0.39 is 0 Å². The molecule has 0 aliphatic rings. The van der Waals surface area contributed by atoms with Crippen LogP contribution in [0, 0.1) is 0 Å². The Labute approximate surface area is 91.7 Å². The largest absolute Gasteiger partial charge is 0.472 e. The molecule has 0 radical (unpaired) electrons. The van der Waals surface area contributed by atoms with E-state index in [-0.39, 0.29) is 0 Å². The van der Waals surface area contributed by atoms with Gasteiger partial charge in [-0.05, 0) is 12.1 Å². The molecular weight excluding hydrogens is 204 g/mol. The third kappa shape index (κ3) is 1.63. The van der Waals surface area contributed by atoms with Crippen LogP contribution in [-0.2, 0) is 6.54 Å². The van der Waals surface area contributed by atoms with E-state index in [1.54, 1.807) is 23.2 Å². The van der Waals surface area contributed by atoms with Crippen LogP contribution >= 0.6 is 0 Å². The second-order valence-electron chi connectivity index (χ2n) is 3.43. The predicted molar refractivity (Wildman–Crippen MR) is 59.0 cm³/mol. The van der Waals surface area contributed by atoms with Crippen LogP contribution < -0.4 is 5.32 Å². The normalized spacial score (nSPS) is 10.8. The molecule has 0 saturated heterocycles. The molecule has 0 fully saturated rings. The van der Waals surface area contributed by atoms with Gasteiger partial charge in [0.1, 0.15) is 5.82 Å². The average Bonchev–Trinajstić information content (AvgIpc) is 2.97. The highest BCUT2D eigenvalue weighted by atomic mass is 16.3. The lowest BCUT2D eigenvalue weighted by molar-refractivity contribution is 0.564. The minimum atomic E-state index is 0.702. The average molecular weight is 214 g/mol. The molecule has 0 aromatic carbocycles. The number of hydrogen-bond donors (Lipinski definition) is 1.